The normalized spacial score (nSPS) is 11.1. The second-order valence-electron chi connectivity index (χ2n) is 7.69. The van der Waals surface area contributed by atoms with Gasteiger partial charge in [-0.2, -0.15) is 0 Å². The Balaban J connectivity index is 1.41. The van der Waals surface area contributed by atoms with E-state index in [2.05, 4.69) is 32.4 Å². The highest BCUT2D eigenvalue weighted by molar-refractivity contribution is 6.42. The molecule has 166 valence electrons. The van der Waals surface area contributed by atoms with Gasteiger partial charge in [0.25, 0.3) is 0 Å². The number of benzene rings is 2. The van der Waals surface area contributed by atoms with E-state index in [0.717, 1.165) is 36.0 Å². The van der Waals surface area contributed by atoms with Crippen molar-refractivity contribution in [2.75, 3.05) is 13.1 Å². The largest absolute Gasteiger partial charge is 0.361 e. The molecule has 0 saturated heterocycles. The Morgan fingerprint density at radius 2 is 1.94 bits per heavy atom. The molecule has 2 aromatic heterocycles. The molecule has 0 saturated carbocycles. The van der Waals surface area contributed by atoms with Crippen molar-refractivity contribution in [3.63, 3.8) is 0 Å². The molecule has 0 aliphatic carbocycles. The van der Waals surface area contributed by atoms with Crippen molar-refractivity contribution in [3.8, 4) is 0 Å². The number of nitrogens with one attached hydrogen (secondary N) is 3. The minimum absolute atomic E-state index is 0.0967. The Morgan fingerprint density at radius 1 is 1.06 bits per heavy atom. The number of carbonyl (C=O) groups is 1. The average Bonchev–Trinajstić information content (AvgIpc) is 3.46. The maximum absolute atomic E-state index is 13.0. The van der Waals surface area contributed by atoms with E-state index in [9.17, 15) is 4.79 Å². The van der Waals surface area contributed by atoms with Crippen molar-refractivity contribution in [1.29, 1.82) is 0 Å². The number of amides is 2. The molecule has 4 rings (SSSR count). The second-order valence-corrected chi connectivity index (χ2v) is 8.51. The Bertz CT molecular complexity index is 1170. The Labute approximate surface area is 196 Å². The molecule has 0 spiro atoms. The van der Waals surface area contributed by atoms with E-state index >= 15 is 0 Å². The number of fused-ring (bicyclic) bond motifs is 1. The van der Waals surface area contributed by atoms with Gasteiger partial charge in [-0.1, -0.05) is 47.5 Å². The fraction of sp³-hybridized carbons (Fsp3) is 0.250. The molecule has 6 nitrogen and oxygen atoms in total. The summed E-state index contributed by atoms with van der Waals surface area (Å²) in [7, 11) is 0. The van der Waals surface area contributed by atoms with Crippen molar-refractivity contribution in [3.05, 3.63) is 88.1 Å². The molecule has 4 aromatic rings. The topological polar surface area (TPSA) is 76.8 Å². The van der Waals surface area contributed by atoms with Crippen molar-refractivity contribution >= 4 is 40.1 Å². The summed E-state index contributed by atoms with van der Waals surface area (Å²) in [6.07, 6.45) is 7.90. The van der Waals surface area contributed by atoms with E-state index in [1.165, 1.54) is 10.9 Å². The number of imidazole rings is 1. The van der Waals surface area contributed by atoms with Crippen LogP contribution in [0.2, 0.25) is 10.0 Å². The van der Waals surface area contributed by atoms with Crippen LogP contribution in [0.5, 0.6) is 0 Å². The molecule has 32 heavy (non-hydrogen) atoms. The number of aromatic nitrogens is 3. The zero-order valence-electron chi connectivity index (χ0n) is 17.6. The van der Waals surface area contributed by atoms with Crippen LogP contribution >= 0.6 is 23.2 Å². The third kappa shape index (κ3) is 5.64. The average molecular weight is 470 g/mol. The number of para-hydroxylation sites is 1. The summed E-state index contributed by atoms with van der Waals surface area (Å²) in [5, 5.41) is 5.22. The van der Waals surface area contributed by atoms with E-state index in [0.29, 0.717) is 29.7 Å². The van der Waals surface area contributed by atoms with Crippen LogP contribution < -0.4 is 5.32 Å². The fourth-order valence-corrected chi connectivity index (χ4v) is 4.03. The highest BCUT2D eigenvalue weighted by atomic mass is 35.5. The molecule has 0 fully saturated rings. The molecule has 0 atom stereocenters. The maximum atomic E-state index is 13.0. The molecular formula is C24H25Cl2N5O. The van der Waals surface area contributed by atoms with Crippen molar-refractivity contribution in [2.45, 2.75) is 25.8 Å². The Morgan fingerprint density at radius 3 is 2.75 bits per heavy atom. The van der Waals surface area contributed by atoms with E-state index in [-0.39, 0.29) is 6.03 Å². The summed E-state index contributed by atoms with van der Waals surface area (Å²) >= 11 is 12.2. The van der Waals surface area contributed by atoms with Gasteiger partial charge >= 0.3 is 6.03 Å². The van der Waals surface area contributed by atoms with Gasteiger partial charge in [0.15, 0.2) is 0 Å². The summed E-state index contributed by atoms with van der Waals surface area (Å²) in [5.74, 6) is 0. The number of urea groups is 1. The van der Waals surface area contributed by atoms with E-state index < -0.39 is 0 Å². The molecule has 0 aliphatic heterocycles. The van der Waals surface area contributed by atoms with Crippen LogP contribution in [0.15, 0.2) is 61.2 Å². The highest BCUT2D eigenvalue weighted by Crippen LogP contribution is 2.24. The summed E-state index contributed by atoms with van der Waals surface area (Å²) in [5.41, 5.74) is 4.28. The number of hydrogen-bond donors (Lipinski definition) is 3. The number of halogens is 2. The Kier molecular flexibility index (Phi) is 7.35. The number of aryl methyl sites for hydroxylation is 1. The summed E-state index contributed by atoms with van der Waals surface area (Å²) < 4.78 is 0. The minimum Gasteiger partial charge on any atom is -0.361 e. The lowest BCUT2D eigenvalue weighted by Crippen LogP contribution is -2.41. The maximum Gasteiger partial charge on any atom is 0.317 e. The van der Waals surface area contributed by atoms with Crippen LogP contribution in [0.4, 0.5) is 4.79 Å². The SMILES string of the molecule is O=C(NCCCc1cnc[nH]1)N(CCc1c[nH]c2ccccc12)Cc1ccc(Cl)c(Cl)c1. The van der Waals surface area contributed by atoms with E-state index in [1.54, 1.807) is 18.6 Å². The standard InChI is InChI=1S/C24H25Cl2N5O/c25-21-8-7-17(12-22(21)26)15-31(24(32)28-10-3-4-19-14-27-16-30-19)11-9-18-13-29-23-6-2-1-5-20(18)23/h1-2,5-8,12-14,16,29H,3-4,9-11,15H2,(H,27,30)(H,28,32). The number of rotatable bonds is 9. The van der Waals surface area contributed by atoms with Crippen LogP contribution in [0.25, 0.3) is 10.9 Å². The Hall–Kier alpha value is -2.96. The smallest absolute Gasteiger partial charge is 0.317 e. The van der Waals surface area contributed by atoms with Crippen LogP contribution in [0.1, 0.15) is 23.2 Å². The molecule has 0 aliphatic rings. The van der Waals surface area contributed by atoms with Gasteiger partial charge < -0.3 is 20.2 Å². The summed E-state index contributed by atoms with van der Waals surface area (Å²) in [6.45, 7) is 1.61. The lowest BCUT2D eigenvalue weighted by molar-refractivity contribution is 0.195. The number of hydrogen-bond acceptors (Lipinski definition) is 2. The molecule has 8 heteroatoms. The quantitative estimate of drug-likeness (QED) is 0.279. The third-order valence-corrected chi connectivity index (χ3v) is 6.16. The van der Waals surface area contributed by atoms with Gasteiger partial charge in [0.2, 0.25) is 0 Å². The van der Waals surface area contributed by atoms with Crippen LogP contribution in [0.3, 0.4) is 0 Å². The minimum atomic E-state index is -0.0967. The number of aromatic amines is 2. The first-order chi connectivity index (χ1) is 15.6. The van der Waals surface area contributed by atoms with Gasteiger partial charge in [0, 0.05) is 48.6 Å². The van der Waals surface area contributed by atoms with Gasteiger partial charge in [0.1, 0.15) is 0 Å². The first-order valence-electron chi connectivity index (χ1n) is 10.6. The zero-order chi connectivity index (χ0) is 22.3. The molecular weight excluding hydrogens is 445 g/mol. The number of H-pyrrole nitrogens is 2. The predicted molar refractivity (Wildman–Crippen MR) is 129 cm³/mol. The van der Waals surface area contributed by atoms with E-state index in [4.69, 9.17) is 23.2 Å². The van der Waals surface area contributed by atoms with Crippen molar-refractivity contribution < 1.29 is 4.79 Å². The van der Waals surface area contributed by atoms with Crippen molar-refractivity contribution in [2.24, 2.45) is 0 Å². The van der Waals surface area contributed by atoms with Crippen LogP contribution in [-0.2, 0) is 19.4 Å². The highest BCUT2D eigenvalue weighted by Gasteiger charge is 2.15. The molecule has 2 heterocycles. The molecule has 2 aromatic carbocycles. The monoisotopic (exact) mass is 469 g/mol. The lowest BCUT2D eigenvalue weighted by atomic mass is 10.1. The van der Waals surface area contributed by atoms with Gasteiger partial charge in [-0.25, -0.2) is 9.78 Å². The van der Waals surface area contributed by atoms with Crippen LogP contribution in [-0.4, -0.2) is 39.0 Å². The second kappa shape index (κ2) is 10.6. The first-order valence-corrected chi connectivity index (χ1v) is 11.3. The van der Waals surface area contributed by atoms with E-state index in [1.807, 2.05) is 35.4 Å². The molecule has 0 bridgehead atoms. The molecule has 2 amide bonds. The summed E-state index contributed by atoms with van der Waals surface area (Å²) in [6, 6.07) is 13.6. The molecule has 3 N–H and O–H groups in total. The van der Waals surface area contributed by atoms with Gasteiger partial charge in [-0.3, -0.25) is 0 Å². The van der Waals surface area contributed by atoms with Crippen molar-refractivity contribution in [1.82, 2.24) is 25.2 Å². The predicted octanol–water partition coefficient (Wildman–Crippen LogP) is 5.58. The number of nitrogens with zero attached hydrogens (tertiary/aromatic N) is 2. The van der Waals surface area contributed by atoms with Gasteiger partial charge in [-0.05, 0) is 48.6 Å². The van der Waals surface area contributed by atoms with Gasteiger partial charge in [-0.15, -0.1) is 0 Å². The third-order valence-electron chi connectivity index (χ3n) is 5.42. The lowest BCUT2D eigenvalue weighted by Gasteiger charge is -2.23. The fourth-order valence-electron chi connectivity index (χ4n) is 3.71. The first kappa shape index (κ1) is 22.2. The summed E-state index contributed by atoms with van der Waals surface area (Å²) in [4.78, 5) is 25.2. The van der Waals surface area contributed by atoms with Crippen LogP contribution in [0, 0.1) is 0 Å². The molecule has 0 radical (unpaired) electrons. The van der Waals surface area contributed by atoms with Gasteiger partial charge in [0.05, 0.1) is 16.4 Å². The zero-order valence-corrected chi connectivity index (χ0v) is 19.1. The number of carbonyl (C=O) groups excluding carboxylic acids is 1. The molecule has 0 unspecified atom stereocenters.